The van der Waals surface area contributed by atoms with E-state index in [-0.39, 0.29) is 17.3 Å². The van der Waals surface area contributed by atoms with Crippen LogP contribution in [0.15, 0.2) is 105 Å². The van der Waals surface area contributed by atoms with Crippen molar-refractivity contribution in [3.8, 4) is 5.88 Å². The molecule has 0 bridgehead atoms. The molecule has 180 valence electrons. The van der Waals surface area contributed by atoms with Gasteiger partial charge in [-0.2, -0.15) is 0 Å². The highest BCUT2D eigenvalue weighted by atomic mass is 79.9. The summed E-state index contributed by atoms with van der Waals surface area (Å²) in [6.45, 7) is 3.72. The number of carbonyl (C=O) groups excluding carboxylic acids is 2. The van der Waals surface area contributed by atoms with Crippen molar-refractivity contribution in [3.05, 3.63) is 111 Å². The van der Waals surface area contributed by atoms with Crippen molar-refractivity contribution < 1.29 is 14.7 Å². The average molecular weight is 543 g/mol. The van der Waals surface area contributed by atoms with Crippen molar-refractivity contribution in [2.24, 2.45) is 10.2 Å². The average Bonchev–Trinajstić information content (AvgIpc) is 3.18. The van der Waals surface area contributed by atoms with Gasteiger partial charge in [-0.3, -0.25) is 9.59 Å². The largest absolute Gasteiger partial charge is 0.493 e. The van der Waals surface area contributed by atoms with Crippen LogP contribution >= 0.6 is 15.9 Å². The number of allylic oxidation sites excluding steroid dienone is 2. The summed E-state index contributed by atoms with van der Waals surface area (Å²) in [6.07, 6.45) is 3.43. The summed E-state index contributed by atoms with van der Waals surface area (Å²) in [6, 6.07) is 21.9. The predicted octanol–water partition coefficient (Wildman–Crippen LogP) is 6.97. The number of rotatable bonds is 6. The van der Waals surface area contributed by atoms with Gasteiger partial charge < -0.3 is 15.4 Å². The molecule has 0 aliphatic rings. The minimum atomic E-state index is -0.763. The number of aryl methyl sites for hydroxylation is 1. The molecule has 0 aliphatic carbocycles. The molecule has 4 aromatic rings. The molecular weight excluding hydrogens is 520 g/mol. The van der Waals surface area contributed by atoms with Gasteiger partial charge in [0.15, 0.2) is 5.69 Å². The van der Waals surface area contributed by atoms with Crippen LogP contribution in [0.2, 0.25) is 0 Å². The number of aromatic nitrogens is 1. The highest BCUT2D eigenvalue weighted by Crippen LogP contribution is 2.39. The minimum Gasteiger partial charge on any atom is -0.493 e. The normalized spacial score (nSPS) is 12.3. The number of hydrogen-bond acceptors (Lipinski definition) is 4. The lowest BCUT2D eigenvalue weighted by Crippen LogP contribution is -2.26. The van der Waals surface area contributed by atoms with Crippen LogP contribution in [0.3, 0.4) is 0 Å². The molecule has 0 radical (unpaired) electrons. The van der Waals surface area contributed by atoms with Gasteiger partial charge in [0.25, 0.3) is 5.91 Å². The first-order chi connectivity index (χ1) is 17.3. The molecular formula is C28H23BrN4O3. The molecule has 3 N–H and O–H groups in total. The highest BCUT2D eigenvalue weighted by Gasteiger charge is 2.17. The zero-order valence-electron chi connectivity index (χ0n) is 19.6. The number of nitrogens with zero attached hydrogens (tertiary/aromatic N) is 2. The van der Waals surface area contributed by atoms with Crippen LogP contribution in [-0.4, -0.2) is 21.9 Å². The minimum absolute atomic E-state index is 0.0472. The Morgan fingerprint density at radius 2 is 1.69 bits per heavy atom. The van der Waals surface area contributed by atoms with E-state index in [2.05, 4.69) is 36.5 Å². The predicted molar refractivity (Wildman–Crippen MR) is 144 cm³/mol. The van der Waals surface area contributed by atoms with Gasteiger partial charge in [0.2, 0.25) is 5.88 Å². The van der Waals surface area contributed by atoms with E-state index in [0.717, 1.165) is 21.2 Å². The Hall–Kier alpha value is -4.30. The Morgan fingerprint density at radius 3 is 2.39 bits per heavy atom. The van der Waals surface area contributed by atoms with E-state index in [1.54, 1.807) is 36.4 Å². The van der Waals surface area contributed by atoms with Gasteiger partial charge in [-0.1, -0.05) is 54.6 Å². The Bertz CT molecular complexity index is 1520. The van der Waals surface area contributed by atoms with E-state index in [4.69, 9.17) is 0 Å². The Kier molecular flexibility index (Phi) is 7.56. The van der Waals surface area contributed by atoms with Crippen molar-refractivity contribution in [1.82, 2.24) is 10.3 Å². The topological polar surface area (TPSA) is 107 Å². The molecule has 0 unspecified atom stereocenters. The third kappa shape index (κ3) is 5.84. The van der Waals surface area contributed by atoms with E-state index in [1.165, 1.54) is 0 Å². The van der Waals surface area contributed by atoms with Gasteiger partial charge in [-0.15, -0.1) is 10.2 Å². The van der Waals surface area contributed by atoms with Crippen LogP contribution in [0.5, 0.6) is 5.88 Å². The first-order valence-electron chi connectivity index (χ1n) is 11.1. The first kappa shape index (κ1) is 24.8. The summed E-state index contributed by atoms with van der Waals surface area (Å²) in [5.41, 5.74) is 3.72. The summed E-state index contributed by atoms with van der Waals surface area (Å²) in [5, 5.41) is 21.5. The molecule has 3 aromatic carbocycles. The number of halogens is 1. The van der Waals surface area contributed by atoms with E-state index in [1.807, 2.05) is 62.4 Å². The number of carbonyl (C=O) groups is 2. The molecule has 0 saturated carbocycles. The van der Waals surface area contributed by atoms with Gasteiger partial charge in [-0.25, -0.2) is 0 Å². The number of nitrogens with one attached hydrogen (secondary N) is 2. The number of aromatic hydroxyl groups is 1. The first-order valence-corrected chi connectivity index (χ1v) is 11.9. The molecule has 0 spiro atoms. The Balaban J connectivity index is 1.68. The molecule has 36 heavy (non-hydrogen) atoms. The van der Waals surface area contributed by atoms with Crippen LogP contribution in [0.25, 0.3) is 17.0 Å². The summed E-state index contributed by atoms with van der Waals surface area (Å²) in [4.78, 5) is 28.7. The third-order valence-corrected chi connectivity index (χ3v) is 5.90. The Labute approximate surface area is 216 Å². The molecule has 1 aromatic heterocycles. The SMILES string of the molecule is CC(=Cc1ccccc1)C=C(NC(=O)c1ccccc1)C(=O)N=Nc1c(O)[nH]c2c(Br)cc(C)cc12. The number of hydrogen-bond donors (Lipinski definition) is 3. The zero-order valence-corrected chi connectivity index (χ0v) is 21.2. The second kappa shape index (κ2) is 11.0. The maximum Gasteiger partial charge on any atom is 0.311 e. The molecule has 4 rings (SSSR count). The lowest BCUT2D eigenvalue weighted by atomic mass is 10.1. The zero-order chi connectivity index (χ0) is 25.7. The number of aromatic amines is 1. The Morgan fingerprint density at radius 1 is 1.03 bits per heavy atom. The van der Waals surface area contributed by atoms with E-state index >= 15 is 0 Å². The second-order valence-corrected chi connectivity index (χ2v) is 9.03. The van der Waals surface area contributed by atoms with Crippen LogP contribution < -0.4 is 5.32 Å². The smallest absolute Gasteiger partial charge is 0.311 e. The van der Waals surface area contributed by atoms with Crippen molar-refractivity contribution in [2.75, 3.05) is 0 Å². The van der Waals surface area contributed by atoms with E-state index in [9.17, 15) is 14.7 Å². The van der Waals surface area contributed by atoms with Crippen LogP contribution in [0, 0.1) is 6.92 Å². The lowest BCUT2D eigenvalue weighted by molar-refractivity contribution is -0.115. The number of fused-ring (bicyclic) bond motifs is 1. The molecule has 8 heteroatoms. The van der Waals surface area contributed by atoms with Gasteiger partial charge in [0.05, 0.1) is 5.52 Å². The highest BCUT2D eigenvalue weighted by molar-refractivity contribution is 9.10. The van der Waals surface area contributed by atoms with Crippen molar-refractivity contribution in [2.45, 2.75) is 13.8 Å². The maximum absolute atomic E-state index is 13.1. The van der Waals surface area contributed by atoms with E-state index in [0.29, 0.717) is 16.5 Å². The van der Waals surface area contributed by atoms with Gasteiger partial charge in [-0.05, 0) is 76.8 Å². The quantitative estimate of drug-likeness (QED) is 0.139. The van der Waals surface area contributed by atoms with Gasteiger partial charge >= 0.3 is 5.91 Å². The summed E-state index contributed by atoms with van der Waals surface area (Å²) >= 11 is 3.46. The molecule has 0 aliphatic heterocycles. The fourth-order valence-electron chi connectivity index (χ4n) is 3.63. The third-order valence-electron chi connectivity index (χ3n) is 5.28. The standard InChI is InChI=1S/C28H23BrN4O3/c1-17(13-19-9-5-3-6-10-19)16-23(30-26(34)20-11-7-4-8-12-20)27(35)33-32-25-21-14-18(2)15-22(29)24(21)31-28(25)36/h3-16,31,36H,1-2H3,(H,30,34). The maximum atomic E-state index is 13.1. The van der Waals surface area contributed by atoms with Crippen LogP contribution in [0.1, 0.15) is 28.4 Å². The number of H-pyrrole nitrogens is 1. The molecule has 1 heterocycles. The second-order valence-electron chi connectivity index (χ2n) is 8.17. The van der Waals surface area contributed by atoms with E-state index < -0.39 is 11.8 Å². The number of azo groups is 1. The van der Waals surface area contributed by atoms with Crippen molar-refractivity contribution >= 4 is 50.4 Å². The van der Waals surface area contributed by atoms with Gasteiger partial charge in [0, 0.05) is 15.4 Å². The number of benzene rings is 3. The molecule has 7 nitrogen and oxygen atoms in total. The summed E-state index contributed by atoms with van der Waals surface area (Å²) < 4.78 is 0.748. The lowest BCUT2D eigenvalue weighted by Gasteiger charge is -2.07. The molecule has 0 fully saturated rings. The number of amides is 2. The molecule has 2 amide bonds. The fourth-order valence-corrected chi connectivity index (χ4v) is 4.30. The molecule has 0 saturated heterocycles. The van der Waals surface area contributed by atoms with Crippen molar-refractivity contribution in [3.63, 3.8) is 0 Å². The molecule has 0 atom stereocenters. The monoisotopic (exact) mass is 542 g/mol. The fraction of sp³-hybridized carbons (Fsp3) is 0.0714. The summed E-state index contributed by atoms with van der Waals surface area (Å²) in [5.74, 6) is -1.43. The van der Waals surface area contributed by atoms with Crippen LogP contribution in [-0.2, 0) is 4.79 Å². The summed E-state index contributed by atoms with van der Waals surface area (Å²) in [7, 11) is 0. The van der Waals surface area contributed by atoms with Crippen LogP contribution in [0.4, 0.5) is 5.69 Å². The van der Waals surface area contributed by atoms with Gasteiger partial charge in [0.1, 0.15) is 5.70 Å². The van der Waals surface area contributed by atoms with Crippen molar-refractivity contribution in [1.29, 1.82) is 0 Å².